The summed E-state index contributed by atoms with van der Waals surface area (Å²) >= 11 is 9.68. The van der Waals surface area contributed by atoms with Crippen molar-refractivity contribution in [3.8, 4) is 0 Å². The van der Waals surface area contributed by atoms with Crippen LogP contribution in [-0.4, -0.2) is 6.54 Å². The van der Waals surface area contributed by atoms with Crippen LogP contribution in [0, 0.1) is 0 Å². The molecule has 0 radical (unpaired) electrons. The Bertz CT molecular complexity index is 659. The number of hydrogen-bond acceptors (Lipinski definition) is 2. The lowest BCUT2D eigenvalue weighted by atomic mass is 9.95. The van der Waals surface area contributed by atoms with E-state index in [0.717, 1.165) is 22.6 Å². The van der Waals surface area contributed by atoms with Crippen molar-refractivity contribution in [2.24, 2.45) is 0 Å². The van der Waals surface area contributed by atoms with Crippen LogP contribution in [0.5, 0.6) is 0 Å². The van der Waals surface area contributed by atoms with E-state index in [1.807, 2.05) is 12.1 Å². The van der Waals surface area contributed by atoms with Gasteiger partial charge in [-0.15, -0.1) is 0 Å². The molecular formula is C17H17BrClNO. The first kappa shape index (κ1) is 15.0. The minimum Gasteiger partial charge on any atom is -0.372 e. The van der Waals surface area contributed by atoms with E-state index < -0.39 is 0 Å². The summed E-state index contributed by atoms with van der Waals surface area (Å²) in [6, 6.07) is 12.7. The van der Waals surface area contributed by atoms with Gasteiger partial charge in [0.2, 0.25) is 0 Å². The molecule has 1 aliphatic rings. The minimum absolute atomic E-state index is 0.146. The standard InChI is InChI=1S/C17H17BrClNO/c1-2-20-17(15-6-5-14(19)8-16(15)18)11-3-4-12-9-21-10-13(12)7-11/h3-8,17,20H,2,9-10H2,1H3. The Balaban J connectivity index is 2.01. The summed E-state index contributed by atoms with van der Waals surface area (Å²) in [7, 11) is 0. The maximum absolute atomic E-state index is 6.05. The molecule has 0 spiro atoms. The first-order valence-electron chi connectivity index (χ1n) is 7.07. The van der Waals surface area contributed by atoms with Crippen molar-refractivity contribution < 1.29 is 4.74 Å². The Morgan fingerprint density at radius 2 is 2.00 bits per heavy atom. The Morgan fingerprint density at radius 1 is 1.19 bits per heavy atom. The van der Waals surface area contributed by atoms with Gasteiger partial charge in [-0.2, -0.15) is 0 Å². The number of halogens is 2. The van der Waals surface area contributed by atoms with Crippen molar-refractivity contribution >= 4 is 27.5 Å². The van der Waals surface area contributed by atoms with Crippen LogP contribution in [0.15, 0.2) is 40.9 Å². The van der Waals surface area contributed by atoms with E-state index in [-0.39, 0.29) is 6.04 Å². The molecule has 2 aromatic carbocycles. The molecule has 4 heteroatoms. The molecule has 0 aromatic heterocycles. The molecule has 2 aromatic rings. The zero-order valence-electron chi connectivity index (χ0n) is 11.8. The predicted octanol–water partition coefficient (Wildman–Crippen LogP) is 4.83. The first-order valence-corrected chi connectivity index (χ1v) is 8.24. The van der Waals surface area contributed by atoms with Gasteiger partial charge in [0.15, 0.2) is 0 Å². The van der Waals surface area contributed by atoms with E-state index in [9.17, 15) is 0 Å². The lowest BCUT2D eigenvalue weighted by Crippen LogP contribution is -2.22. The molecule has 0 fully saturated rings. The second-order valence-corrected chi connectivity index (χ2v) is 6.47. The fourth-order valence-electron chi connectivity index (χ4n) is 2.72. The molecule has 3 rings (SSSR count). The van der Waals surface area contributed by atoms with Gasteiger partial charge in [0.25, 0.3) is 0 Å². The lowest BCUT2D eigenvalue weighted by molar-refractivity contribution is 0.134. The average Bonchev–Trinajstić information content (AvgIpc) is 2.93. The first-order chi connectivity index (χ1) is 10.2. The van der Waals surface area contributed by atoms with Crippen LogP contribution in [0.2, 0.25) is 5.02 Å². The Kier molecular flexibility index (Phi) is 4.65. The monoisotopic (exact) mass is 365 g/mol. The van der Waals surface area contributed by atoms with Crippen LogP contribution < -0.4 is 5.32 Å². The smallest absolute Gasteiger partial charge is 0.0725 e. The zero-order valence-corrected chi connectivity index (χ0v) is 14.2. The van der Waals surface area contributed by atoms with Crippen molar-refractivity contribution in [1.29, 1.82) is 0 Å². The summed E-state index contributed by atoms with van der Waals surface area (Å²) in [4.78, 5) is 0. The number of hydrogen-bond donors (Lipinski definition) is 1. The number of ether oxygens (including phenoxy) is 1. The third-order valence-electron chi connectivity index (χ3n) is 3.76. The predicted molar refractivity (Wildman–Crippen MR) is 89.6 cm³/mol. The van der Waals surface area contributed by atoms with E-state index in [0.29, 0.717) is 6.61 Å². The second kappa shape index (κ2) is 6.49. The maximum atomic E-state index is 6.05. The molecule has 1 atom stereocenters. The van der Waals surface area contributed by atoms with Crippen LogP contribution in [0.1, 0.15) is 35.2 Å². The van der Waals surface area contributed by atoms with Crippen LogP contribution in [0.25, 0.3) is 0 Å². The number of fused-ring (bicyclic) bond motifs is 1. The van der Waals surface area contributed by atoms with Crippen LogP contribution in [0.4, 0.5) is 0 Å². The van der Waals surface area contributed by atoms with Crippen LogP contribution >= 0.6 is 27.5 Å². The Hall–Kier alpha value is -0.870. The molecule has 1 N–H and O–H groups in total. The maximum Gasteiger partial charge on any atom is 0.0725 e. The summed E-state index contributed by atoms with van der Waals surface area (Å²) in [5.41, 5.74) is 5.04. The van der Waals surface area contributed by atoms with Gasteiger partial charge in [-0.1, -0.05) is 58.7 Å². The third-order valence-corrected chi connectivity index (χ3v) is 4.68. The molecule has 110 valence electrons. The summed E-state index contributed by atoms with van der Waals surface area (Å²) in [6.07, 6.45) is 0. The number of benzene rings is 2. The van der Waals surface area contributed by atoms with Crippen molar-refractivity contribution in [2.45, 2.75) is 26.2 Å². The molecule has 1 heterocycles. The quantitative estimate of drug-likeness (QED) is 0.836. The molecule has 0 amide bonds. The van der Waals surface area contributed by atoms with Gasteiger partial charge in [0.1, 0.15) is 0 Å². The number of rotatable bonds is 4. The summed E-state index contributed by atoms with van der Waals surface area (Å²) in [5.74, 6) is 0. The molecule has 0 saturated heterocycles. The number of nitrogens with one attached hydrogen (secondary N) is 1. The molecular weight excluding hydrogens is 350 g/mol. The molecule has 0 saturated carbocycles. The highest BCUT2D eigenvalue weighted by Crippen LogP contribution is 2.32. The summed E-state index contributed by atoms with van der Waals surface area (Å²) in [6.45, 7) is 4.45. The highest BCUT2D eigenvalue weighted by atomic mass is 79.9. The van der Waals surface area contributed by atoms with Crippen molar-refractivity contribution in [3.63, 3.8) is 0 Å². The van der Waals surface area contributed by atoms with Gasteiger partial charge >= 0.3 is 0 Å². The van der Waals surface area contributed by atoms with E-state index in [1.165, 1.54) is 22.3 Å². The van der Waals surface area contributed by atoms with Crippen molar-refractivity contribution in [3.05, 3.63) is 68.1 Å². The van der Waals surface area contributed by atoms with Gasteiger partial charge in [-0.05, 0) is 40.9 Å². The highest BCUT2D eigenvalue weighted by Gasteiger charge is 2.19. The lowest BCUT2D eigenvalue weighted by Gasteiger charge is -2.21. The van der Waals surface area contributed by atoms with Crippen molar-refractivity contribution in [2.75, 3.05) is 6.54 Å². The molecule has 0 bridgehead atoms. The largest absolute Gasteiger partial charge is 0.372 e. The summed E-state index contributed by atoms with van der Waals surface area (Å²) in [5, 5.41) is 4.29. The van der Waals surface area contributed by atoms with Gasteiger partial charge in [-0.25, -0.2) is 0 Å². The average molecular weight is 367 g/mol. The Labute approximate surface area is 138 Å². The van der Waals surface area contributed by atoms with Crippen LogP contribution in [-0.2, 0) is 18.0 Å². The fraction of sp³-hybridized carbons (Fsp3) is 0.294. The third kappa shape index (κ3) is 3.16. The summed E-state index contributed by atoms with van der Waals surface area (Å²) < 4.78 is 6.53. The molecule has 1 aliphatic heterocycles. The molecule has 2 nitrogen and oxygen atoms in total. The van der Waals surface area contributed by atoms with Gasteiger partial charge < -0.3 is 10.1 Å². The van der Waals surface area contributed by atoms with Gasteiger partial charge in [-0.3, -0.25) is 0 Å². The van der Waals surface area contributed by atoms with Crippen molar-refractivity contribution in [1.82, 2.24) is 5.32 Å². The Morgan fingerprint density at radius 3 is 2.76 bits per heavy atom. The molecule has 21 heavy (non-hydrogen) atoms. The highest BCUT2D eigenvalue weighted by molar-refractivity contribution is 9.10. The SMILES string of the molecule is CCNC(c1ccc2c(c1)COC2)c1ccc(Cl)cc1Br. The molecule has 1 unspecified atom stereocenters. The fourth-order valence-corrected chi connectivity index (χ4v) is 3.63. The topological polar surface area (TPSA) is 21.3 Å². The second-order valence-electron chi connectivity index (χ2n) is 5.18. The normalized spacial score (nSPS) is 15.0. The van der Waals surface area contributed by atoms with E-state index in [2.05, 4.69) is 52.4 Å². The van der Waals surface area contributed by atoms with Gasteiger partial charge in [0.05, 0.1) is 19.3 Å². The van der Waals surface area contributed by atoms with E-state index in [1.54, 1.807) is 0 Å². The zero-order chi connectivity index (χ0) is 14.8. The molecule has 0 aliphatic carbocycles. The van der Waals surface area contributed by atoms with E-state index in [4.69, 9.17) is 16.3 Å². The van der Waals surface area contributed by atoms with Crippen LogP contribution in [0.3, 0.4) is 0 Å². The minimum atomic E-state index is 0.146. The van der Waals surface area contributed by atoms with Gasteiger partial charge in [0, 0.05) is 9.50 Å². The van der Waals surface area contributed by atoms with E-state index >= 15 is 0 Å².